The molecule has 1 heterocycles. The van der Waals surface area contributed by atoms with Gasteiger partial charge in [0.2, 0.25) is 0 Å². The molecule has 90 valence electrons. The normalized spacial score (nSPS) is 18.3. The lowest BCUT2D eigenvalue weighted by Gasteiger charge is -2.27. The van der Waals surface area contributed by atoms with E-state index in [0.29, 0.717) is 25.8 Å². The molecule has 16 heavy (non-hydrogen) atoms. The van der Waals surface area contributed by atoms with E-state index in [1.165, 1.54) is 24.1 Å². The first-order valence-electron chi connectivity index (χ1n) is 5.86. The number of rotatable bonds is 7. The summed E-state index contributed by atoms with van der Waals surface area (Å²) in [6.07, 6.45) is 3.44. The molecule has 0 aromatic carbocycles. The van der Waals surface area contributed by atoms with Crippen molar-refractivity contribution in [3.05, 3.63) is 22.4 Å². The van der Waals surface area contributed by atoms with Crippen LogP contribution in [0.2, 0.25) is 0 Å². The van der Waals surface area contributed by atoms with Crippen LogP contribution in [0, 0.1) is 0 Å². The lowest BCUT2D eigenvalue weighted by molar-refractivity contribution is 0.0272. The van der Waals surface area contributed by atoms with Gasteiger partial charge in [0, 0.05) is 17.5 Å². The molecule has 1 aliphatic carbocycles. The number of nitrogens with one attached hydrogen (secondary N) is 1. The van der Waals surface area contributed by atoms with Crippen LogP contribution < -0.4 is 5.32 Å². The molecule has 1 fully saturated rings. The molecule has 2 rings (SSSR count). The van der Waals surface area contributed by atoms with Crippen LogP contribution in [0.15, 0.2) is 17.5 Å². The van der Waals surface area contributed by atoms with E-state index >= 15 is 0 Å². The van der Waals surface area contributed by atoms with Gasteiger partial charge in [-0.25, -0.2) is 0 Å². The van der Waals surface area contributed by atoms with Crippen LogP contribution in [-0.4, -0.2) is 30.4 Å². The van der Waals surface area contributed by atoms with Gasteiger partial charge in [-0.2, -0.15) is 0 Å². The maximum atomic E-state index is 9.66. The van der Waals surface area contributed by atoms with Crippen molar-refractivity contribution in [2.45, 2.75) is 38.0 Å². The van der Waals surface area contributed by atoms with Crippen LogP contribution in [0.4, 0.5) is 0 Å². The zero-order valence-electron chi connectivity index (χ0n) is 9.39. The SMILES string of the molecule is OC(CNC1CCC1)COCc1cccs1. The number of aliphatic hydroxyl groups is 1. The summed E-state index contributed by atoms with van der Waals surface area (Å²) < 4.78 is 5.44. The van der Waals surface area contributed by atoms with Crippen LogP contribution in [0.1, 0.15) is 24.1 Å². The Morgan fingerprint density at radius 1 is 1.56 bits per heavy atom. The highest BCUT2D eigenvalue weighted by Gasteiger charge is 2.17. The van der Waals surface area contributed by atoms with E-state index in [4.69, 9.17) is 4.74 Å². The quantitative estimate of drug-likeness (QED) is 0.764. The molecule has 3 nitrogen and oxygen atoms in total. The molecule has 1 saturated carbocycles. The summed E-state index contributed by atoms with van der Waals surface area (Å²) in [6, 6.07) is 4.69. The van der Waals surface area contributed by atoms with Crippen LogP contribution in [-0.2, 0) is 11.3 Å². The van der Waals surface area contributed by atoms with Gasteiger partial charge in [0.15, 0.2) is 0 Å². The largest absolute Gasteiger partial charge is 0.389 e. The average Bonchev–Trinajstić information content (AvgIpc) is 2.68. The minimum Gasteiger partial charge on any atom is -0.389 e. The number of aliphatic hydroxyl groups excluding tert-OH is 1. The van der Waals surface area contributed by atoms with Crippen LogP contribution in [0.25, 0.3) is 0 Å². The predicted octanol–water partition coefficient (Wildman–Crippen LogP) is 1.77. The zero-order chi connectivity index (χ0) is 11.2. The molecule has 0 aliphatic heterocycles. The molecule has 1 aromatic heterocycles. The van der Waals surface area contributed by atoms with Gasteiger partial charge < -0.3 is 15.2 Å². The predicted molar refractivity (Wildman–Crippen MR) is 65.6 cm³/mol. The van der Waals surface area contributed by atoms with Crippen LogP contribution >= 0.6 is 11.3 Å². The molecule has 4 heteroatoms. The number of thiophene rings is 1. The summed E-state index contributed by atoms with van der Waals surface area (Å²) in [5, 5.41) is 15.0. The Labute approximate surface area is 100 Å². The molecule has 0 amide bonds. The van der Waals surface area contributed by atoms with Gasteiger partial charge >= 0.3 is 0 Å². The van der Waals surface area contributed by atoms with Gasteiger partial charge in [0.05, 0.1) is 19.3 Å². The average molecular weight is 241 g/mol. The van der Waals surface area contributed by atoms with Gasteiger partial charge in [0.25, 0.3) is 0 Å². The molecular formula is C12H19NO2S. The fourth-order valence-electron chi connectivity index (χ4n) is 1.66. The summed E-state index contributed by atoms with van der Waals surface area (Å²) in [6.45, 7) is 1.67. The minimum atomic E-state index is -0.388. The first-order valence-corrected chi connectivity index (χ1v) is 6.74. The second-order valence-electron chi connectivity index (χ2n) is 4.28. The Morgan fingerprint density at radius 2 is 2.44 bits per heavy atom. The zero-order valence-corrected chi connectivity index (χ0v) is 10.2. The minimum absolute atomic E-state index is 0.388. The van der Waals surface area contributed by atoms with Crippen molar-refractivity contribution in [2.24, 2.45) is 0 Å². The molecule has 1 unspecified atom stereocenters. The first kappa shape index (κ1) is 12.0. The second-order valence-corrected chi connectivity index (χ2v) is 5.32. The van der Waals surface area contributed by atoms with Crippen molar-refractivity contribution in [1.82, 2.24) is 5.32 Å². The number of ether oxygens (including phenoxy) is 1. The molecule has 0 bridgehead atoms. The van der Waals surface area contributed by atoms with Crippen molar-refractivity contribution in [2.75, 3.05) is 13.2 Å². The van der Waals surface area contributed by atoms with Gasteiger partial charge in [0.1, 0.15) is 0 Å². The summed E-state index contributed by atoms with van der Waals surface area (Å²) >= 11 is 1.68. The number of hydrogen-bond acceptors (Lipinski definition) is 4. The summed E-state index contributed by atoms with van der Waals surface area (Å²) in [7, 11) is 0. The van der Waals surface area contributed by atoms with E-state index in [0.717, 1.165) is 0 Å². The Bertz CT molecular complexity index is 285. The van der Waals surface area contributed by atoms with Crippen molar-refractivity contribution in [3.8, 4) is 0 Å². The molecule has 0 saturated heterocycles. The highest BCUT2D eigenvalue weighted by atomic mass is 32.1. The highest BCUT2D eigenvalue weighted by Crippen LogP contribution is 2.17. The smallest absolute Gasteiger partial charge is 0.0897 e. The topological polar surface area (TPSA) is 41.5 Å². The van der Waals surface area contributed by atoms with Crippen molar-refractivity contribution >= 4 is 11.3 Å². The van der Waals surface area contributed by atoms with Crippen molar-refractivity contribution in [3.63, 3.8) is 0 Å². The monoisotopic (exact) mass is 241 g/mol. The third kappa shape index (κ3) is 3.87. The van der Waals surface area contributed by atoms with Crippen LogP contribution in [0.3, 0.4) is 0 Å². The molecule has 1 aliphatic rings. The fraction of sp³-hybridized carbons (Fsp3) is 0.667. The molecular weight excluding hydrogens is 222 g/mol. The molecule has 2 N–H and O–H groups in total. The molecule has 1 aromatic rings. The van der Waals surface area contributed by atoms with E-state index in [9.17, 15) is 5.11 Å². The van der Waals surface area contributed by atoms with E-state index in [1.54, 1.807) is 11.3 Å². The second kappa shape index (κ2) is 6.35. The molecule has 1 atom stereocenters. The van der Waals surface area contributed by atoms with E-state index < -0.39 is 0 Å². The summed E-state index contributed by atoms with van der Waals surface area (Å²) in [4.78, 5) is 1.21. The maximum absolute atomic E-state index is 9.66. The third-order valence-corrected chi connectivity index (χ3v) is 3.73. The van der Waals surface area contributed by atoms with Crippen molar-refractivity contribution in [1.29, 1.82) is 0 Å². The van der Waals surface area contributed by atoms with Crippen molar-refractivity contribution < 1.29 is 9.84 Å². The van der Waals surface area contributed by atoms with E-state index in [2.05, 4.69) is 5.32 Å². The van der Waals surface area contributed by atoms with Gasteiger partial charge in [-0.1, -0.05) is 12.5 Å². The lowest BCUT2D eigenvalue weighted by Crippen LogP contribution is -2.41. The van der Waals surface area contributed by atoms with Crippen LogP contribution in [0.5, 0.6) is 0 Å². The van der Waals surface area contributed by atoms with E-state index in [1.807, 2.05) is 17.5 Å². The Kier molecular flexibility index (Phi) is 4.78. The Hall–Kier alpha value is -0.420. The summed E-state index contributed by atoms with van der Waals surface area (Å²) in [5.41, 5.74) is 0. The van der Waals surface area contributed by atoms with Gasteiger partial charge in [-0.05, 0) is 24.3 Å². The fourth-order valence-corrected chi connectivity index (χ4v) is 2.30. The highest BCUT2D eigenvalue weighted by molar-refractivity contribution is 7.09. The molecule has 0 spiro atoms. The standard InChI is InChI=1S/C12H19NO2S/c14-11(7-13-10-3-1-4-10)8-15-9-12-5-2-6-16-12/h2,5-6,10-11,13-14H,1,3-4,7-9H2. The first-order chi connectivity index (χ1) is 7.84. The molecule has 0 radical (unpaired) electrons. The lowest BCUT2D eigenvalue weighted by atomic mass is 9.93. The van der Waals surface area contributed by atoms with E-state index in [-0.39, 0.29) is 6.10 Å². The Balaban J connectivity index is 1.51. The Morgan fingerprint density at radius 3 is 3.06 bits per heavy atom. The maximum Gasteiger partial charge on any atom is 0.0897 e. The van der Waals surface area contributed by atoms with Gasteiger partial charge in [-0.15, -0.1) is 11.3 Å². The number of hydrogen-bond donors (Lipinski definition) is 2. The third-order valence-electron chi connectivity index (χ3n) is 2.88. The summed E-state index contributed by atoms with van der Waals surface area (Å²) in [5.74, 6) is 0. The van der Waals surface area contributed by atoms with Gasteiger partial charge in [-0.3, -0.25) is 0 Å².